The maximum Gasteiger partial charge on any atom is 0.231 e. The Balaban J connectivity index is 2.78. The van der Waals surface area contributed by atoms with Crippen molar-refractivity contribution in [3.05, 3.63) is 5.28 Å². The van der Waals surface area contributed by atoms with Gasteiger partial charge in [-0.15, -0.1) is 0 Å². The molecule has 0 aliphatic carbocycles. The van der Waals surface area contributed by atoms with Gasteiger partial charge in [0.05, 0.1) is 13.2 Å². The number of methoxy groups -OCH3 is 2. The summed E-state index contributed by atoms with van der Waals surface area (Å²) in [5.41, 5.74) is 5.52. The molecule has 0 unspecified atom stereocenters. The molecule has 0 aliphatic heterocycles. The normalized spacial score (nSPS) is 10.5. The molecule has 0 saturated heterocycles. The summed E-state index contributed by atoms with van der Waals surface area (Å²) < 4.78 is 10.0. The van der Waals surface area contributed by atoms with Crippen molar-refractivity contribution in [2.45, 2.75) is 0 Å². The van der Waals surface area contributed by atoms with Crippen LogP contribution in [0.25, 0.3) is 0 Å². The summed E-state index contributed by atoms with van der Waals surface area (Å²) in [7, 11) is 3.26. The molecule has 0 saturated carbocycles. The summed E-state index contributed by atoms with van der Waals surface area (Å²) in [5, 5.41) is 0.0762. The van der Waals surface area contributed by atoms with E-state index >= 15 is 0 Å². The lowest BCUT2D eigenvalue weighted by Gasteiger charge is -2.21. The first-order valence-corrected chi connectivity index (χ1v) is 5.45. The van der Waals surface area contributed by atoms with E-state index in [9.17, 15) is 0 Å². The minimum absolute atomic E-state index is 0.0762. The smallest absolute Gasteiger partial charge is 0.231 e. The number of nitrogens with two attached hydrogens (primary N) is 1. The molecule has 0 radical (unpaired) electrons. The van der Waals surface area contributed by atoms with E-state index in [0.717, 1.165) is 0 Å². The second kappa shape index (κ2) is 7.21. The van der Waals surface area contributed by atoms with Crippen LogP contribution < -0.4 is 10.6 Å². The maximum atomic E-state index is 5.73. The van der Waals surface area contributed by atoms with Gasteiger partial charge in [0.25, 0.3) is 0 Å². The molecule has 2 N–H and O–H groups in total. The number of anilines is 2. The summed E-state index contributed by atoms with van der Waals surface area (Å²) in [6.07, 6.45) is 0. The Bertz CT molecular complexity index is 324. The average Bonchev–Trinajstić information content (AvgIpc) is 2.28. The predicted molar refractivity (Wildman–Crippen MR) is 65.2 cm³/mol. The molecule has 17 heavy (non-hydrogen) atoms. The van der Waals surface area contributed by atoms with Gasteiger partial charge in [-0.1, -0.05) is 0 Å². The van der Waals surface area contributed by atoms with E-state index in [1.54, 1.807) is 14.2 Å². The van der Waals surface area contributed by atoms with Crippen molar-refractivity contribution in [2.24, 2.45) is 0 Å². The van der Waals surface area contributed by atoms with Gasteiger partial charge in [0.1, 0.15) is 0 Å². The Kier molecular flexibility index (Phi) is 5.88. The lowest BCUT2D eigenvalue weighted by Crippen LogP contribution is -2.32. The van der Waals surface area contributed by atoms with Crippen LogP contribution >= 0.6 is 11.6 Å². The van der Waals surface area contributed by atoms with E-state index in [-0.39, 0.29) is 11.2 Å². The highest BCUT2D eigenvalue weighted by Gasteiger charge is 2.11. The zero-order valence-corrected chi connectivity index (χ0v) is 10.6. The molecule has 1 rings (SSSR count). The molecule has 0 aromatic carbocycles. The zero-order chi connectivity index (χ0) is 12.7. The van der Waals surface area contributed by atoms with E-state index in [1.165, 1.54) is 0 Å². The van der Waals surface area contributed by atoms with E-state index in [1.807, 2.05) is 4.90 Å². The third kappa shape index (κ3) is 4.68. The minimum Gasteiger partial charge on any atom is -0.383 e. The molecule has 0 aliphatic rings. The van der Waals surface area contributed by atoms with Gasteiger partial charge in [0, 0.05) is 27.3 Å². The molecule has 1 heterocycles. The number of nitrogens with zero attached hydrogens (tertiary/aromatic N) is 4. The van der Waals surface area contributed by atoms with Crippen LogP contribution in [0.4, 0.5) is 11.9 Å². The number of halogens is 1. The minimum atomic E-state index is 0.0762. The molecule has 8 heteroatoms. The van der Waals surface area contributed by atoms with Gasteiger partial charge in [-0.05, 0) is 11.6 Å². The Morgan fingerprint density at radius 3 is 2.18 bits per heavy atom. The second-order valence-electron chi connectivity index (χ2n) is 3.24. The molecule has 0 bridgehead atoms. The molecular weight excluding hydrogens is 246 g/mol. The quantitative estimate of drug-likeness (QED) is 0.751. The number of rotatable bonds is 7. The van der Waals surface area contributed by atoms with Crippen LogP contribution in [0.5, 0.6) is 0 Å². The molecule has 7 nitrogen and oxygen atoms in total. The van der Waals surface area contributed by atoms with E-state index in [2.05, 4.69) is 15.0 Å². The highest BCUT2D eigenvalue weighted by Crippen LogP contribution is 2.11. The van der Waals surface area contributed by atoms with E-state index in [4.69, 9.17) is 26.8 Å². The molecule has 0 spiro atoms. The van der Waals surface area contributed by atoms with Crippen molar-refractivity contribution in [3.8, 4) is 0 Å². The fourth-order valence-corrected chi connectivity index (χ4v) is 1.37. The number of nitrogen functional groups attached to an aromatic ring is 1. The van der Waals surface area contributed by atoms with Gasteiger partial charge in [0.2, 0.25) is 17.2 Å². The van der Waals surface area contributed by atoms with Crippen LogP contribution in [-0.4, -0.2) is 55.5 Å². The monoisotopic (exact) mass is 261 g/mol. The standard InChI is InChI=1S/C9H16ClN5O2/c1-16-5-3-15(4-6-17-2)9-13-7(10)12-8(11)14-9/h3-6H2,1-2H3,(H2,11,12,13,14). The number of ether oxygens (including phenoxy) is 2. The van der Waals surface area contributed by atoms with Crippen molar-refractivity contribution in [3.63, 3.8) is 0 Å². The summed E-state index contributed by atoms with van der Waals surface area (Å²) in [6.45, 7) is 2.35. The van der Waals surface area contributed by atoms with E-state index < -0.39 is 0 Å². The van der Waals surface area contributed by atoms with Gasteiger partial charge in [-0.25, -0.2) is 0 Å². The number of aromatic nitrogens is 3. The SMILES string of the molecule is COCCN(CCOC)c1nc(N)nc(Cl)n1. The third-order valence-electron chi connectivity index (χ3n) is 2.03. The van der Waals surface area contributed by atoms with Crippen molar-refractivity contribution in [2.75, 3.05) is 51.2 Å². The first kappa shape index (κ1) is 13.9. The van der Waals surface area contributed by atoms with Gasteiger partial charge in [0.15, 0.2) is 0 Å². The Morgan fingerprint density at radius 2 is 1.71 bits per heavy atom. The fourth-order valence-electron chi connectivity index (χ4n) is 1.21. The van der Waals surface area contributed by atoms with Crippen molar-refractivity contribution in [1.82, 2.24) is 15.0 Å². The maximum absolute atomic E-state index is 5.73. The lowest BCUT2D eigenvalue weighted by molar-refractivity contribution is 0.189. The second-order valence-corrected chi connectivity index (χ2v) is 3.57. The Hall–Kier alpha value is -1.18. The topological polar surface area (TPSA) is 86.4 Å². The third-order valence-corrected chi connectivity index (χ3v) is 2.20. The highest BCUT2D eigenvalue weighted by molar-refractivity contribution is 6.28. The van der Waals surface area contributed by atoms with Crippen LogP contribution in [0.2, 0.25) is 5.28 Å². The van der Waals surface area contributed by atoms with Gasteiger partial charge >= 0.3 is 0 Å². The van der Waals surface area contributed by atoms with Crippen LogP contribution in [0.15, 0.2) is 0 Å². The highest BCUT2D eigenvalue weighted by atomic mass is 35.5. The first-order chi connectivity index (χ1) is 8.17. The van der Waals surface area contributed by atoms with Gasteiger partial charge < -0.3 is 20.1 Å². The molecule has 0 amide bonds. The fraction of sp³-hybridized carbons (Fsp3) is 0.667. The Labute approximate surface area is 105 Å². The largest absolute Gasteiger partial charge is 0.383 e. The molecular formula is C9H16ClN5O2. The van der Waals surface area contributed by atoms with Gasteiger partial charge in [-0.3, -0.25) is 0 Å². The summed E-state index contributed by atoms with van der Waals surface area (Å²) in [6, 6.07) is 0. The molecule has 0 fully saturated rings. The van der Waals surface area contributed by atoms with Crippen LogP contribution in [0.3, 0.4) is 0 Å². The predicted octanol–water partition coefficient (Wildman–Crippen LogP) is 0.206. The van der Waals surface area contributed by atoms with Crippen LogP contribution in [-0.2, 0) is 9.47 Å². The molecule has 1 aromatic heterocycles. The van der Waals surface area contributed by atoms with Crippen molar-refractivity contribution in [1.29, 1.82) is 0 Å². The van der Waals surface area contributed by atoms with Crippen molar-refractivity contribution < 1.29 is 9.47 Å². The van der Waals surface area contributed by atoms with Crippen LogP contribution in [0, 0.1) is 0 Å². The zero-order valence-electron chi connectivity index (χ0n) is 9.89. The molecule has 0 atom stereocenters. The first-order valence-electron chi connectivity index (χ1n) is 5.07. The van der Waals surface area contributed by atoms with Crippen molar-refractivity contribution >= 4 is 23.5 Å². The summed E-state index contributed by atoms with van der Waals surface area (Å²) >= 11 is 5.73. The van der Waals surface area contributed by atoms with E-state index in [0.29, 0.717) is 32.3 Å². The van der Waals surface area contributed by atoms with Crippen LogP contribution in [0.1, 0.15) is 0 Å². The summed E-state index contributed by atoms with van der Waals surface area (Å²) in [4.78, 5) is 13.6. The van der Waals surface area contributed by atoms with Gasteiger partial charge in [-0.2, -0.15) is 15.0 Å². The Morgan fingerprint density at radius 1 is 1.12 bits per heavy atom. The molecule has 96 valence electrons. The average molecular weight is 262 g/mol. The lowest BCUT2D eigenvalue weighted by atomic mass is 10.5. The molecule has 1 aromatic rings. The number of hydrogen-bond donors (Lipinski definition) is 1. The summed E-state index contributed by atoms with van der Waals surface area (Å²) in [5.74, 6) is 0.524. The number of hydrogen-bond acceptors (Lipinski definition) is 7.